The fraction of sp³-hybridized carbons (Fsp3) is 0.400. The summed E-state index contributed by atoms with van der Waals surface area (Å²) in [5, 5.41) is 3.48. The maximum atomic E-state index is 13.5. The van der Waals surface area contributed by atoms with Gasteiger partial charge in [-0.15, -0.1) is 23.7 Å². The summed E-state index contributed by atoms with van der Waals surface area (Å²) in [5.74, 6) is 0.546. The van der Waals surface area contributed by atoms with Crippen LogP contribution in [-0.4, -0.2) is 49.7 Å². The first kappa shape index (κ1) is 31.3. The molecule has 0 saturated heterocycles. The molecule has 1 N–H and O–H groups in total. The van der Waals surface area contributed by atoms with E-state index in [1.54, 1.807) is 19.1 Å². The zero-order chi connectivity index (χ0) is 27.8. The summed E-state index contributed by atoms with van der Waals surface area (Å²) in [5.41, 5.74) is 2.99. The molecule has 0 spiro atoms. The van der Waals surface area contributed by atoms with Crippen LogP contribution in [0.3, 0.4) is 0 Å². The predicted molar refractivity (Wildman–Crippen MR) is 160 cm³/mol. The monoisotopic (exact) mass is 588 g/mol. The molecule has 40 heavy (non-hydrogen) atoms. The Morgan fingerprint density at radius 3 is 2.17 bits per heavy atom. The number of hydrogen-bond donors (Lipinski definition) is 1. The van der Waals surface area contributed by atoms with Crippen molar-refractivity contribution >= 4 is 40.6 Å². The maximum Gasteiger partial charge on any atom is 0.341 e. The fourth-order valence-corrected chi connectivity index (χ4v) is 5.91. The van der Waals surface area contributed by atoms with Gasteiger partial charge in [-0.05, 0) is 57.4 Å². The lowest BCUT2D eigenvalue weighted by atomic mass is 10.0. The summed E-state index contributed by atoms with van der Waals surface area (Å²) in [6.45, 7) is 11.2. The van der Waals surface area contributed by atoms with Gasteiger partial charge >= 0.3 is 5.97 Å². The van der Waals surface area contributed by atoms with Crippen LogP contribution in [0, 0.1) is 0 Å². The molecule has 216 valence electrons. The maximum absolute atomic E-state index is 13.5. The highest BCUT2D eigenvalue weighted by atomic mass is 35.5. The Bertz CT molecular complexity index is 1270. The van der Waals surface area contributed by atoms with Crippen LogP contribution in [0.4, 0.5) is 5.00 Å². The molecule has 3 aromatic rings. The molecule has 0 radical (unpaired) electrons. The number of thiophene rings is 1. The van der Waals surface area contributed by atoms with Crippen LogP contribution in [0.1, 0.15) is 64.4 Å². The van der Waals surface area contributed by atoms with Crippen molar-refractivity contribution in [3.63, 3.8) is 0 Å². The molecule has 4 rings (SSSR count). The number of ether oxygens (including phenoxy) is 4. The highest BCUT2D eigenvalue weighted by Crippen LogP contribution is 2.41. The van der Waals surface area contributed by atoms with Gasteiger partial charge in [0.2, 0.25) is 5.75 Å². The number of carbonyl (C=O) groups is 2. The number of halogens is 1. The molecule has 0 unspecified atom stereocenters. The summed E-state index contributed by atoms with van der Waals surface area (Å²) in [6.07, 6.45) is 0.703. The molecular weight excluding hydrogens is 552 g/mol. The molecule has 0 bridgehead atoms. The first-order valence-corrected chi connectivity index (χ1v) is 14.3. The predicted octanol–water partition coefficient (Wildman–Crippen LogP) is 6.35. The number of rotatable bonds is 12. The molecule has 1 aliphatic rings. The summed E-state index contributed by atoms with van der Waals surface area (Å²) >= 11 is 1.43. The SMILES string of the molecule is CCOC(=O)c1c(NC(=O)c2cc(OCC)c(OCC)c(OCC)c2)sc2c1CCN(Cc1ccccc1)C2.Cl. The molecule has 8 nitrogen and oxygen atoms in total. The average Bonchev–Trinajstić information content (AvgIpc) is 3.28. The molecule has 0 fully saturated rings. The first-order valence-electron chi connectivity index (χ1n) is 13.4. The number of nitrogens with zero attached hydrogens (tertiary/aromatic N) is 1. The van der Waals surface area contributed by atoms with Gasteiger partial charge in [0, 0.05) is 30.1 Å². The van der Waals surface area contributed by atoms with Gasteiger partial charge in [-0.1, -0.05) is 30.3 Å². The number of anilines is 1. The van der Waals surface area contributed by atoms with E-state index in [0.717, 1.165) is 23.5 Å². The van der Waals surface area contributed by atoms with E-state index in [1.165, 1.54) is 16.9 Å². The number of carbonyl (C=O) groups excluding carboxylic acids is 2. The summed E-state index contributed by atoms with van der Waals surface area (Å²) in [7, 11) is 0. The Morgan fingerprint density at radius 1 is 0.925 bits per heavy atom. The van der Waals surface area contributed by atoms with Gasteiger partial charge in [-0.25, -0.2) is 4.79 Å². The Kier molecular flexibility index (Phi) is 11.7. The van der Waals surface area contributed by atoms with E-state index in [0.29, 0.717) is 66.2 Å². The lowest BCUT2D eigenvalue weighted by molar-refractivity contribution is 0.0526. The van der Waals surface area contributed by atoms with E-state index in [9.17, 15) is 9.59 Å². The van der Waals surface area contributed by atoms with Crippen molar-refractivity contribution in [2.24, 2.45) is 0 Å². The Balaban J connectivity index is 0.00000441. The van der Waals surface area contributed by atoms with Crippen molar-refractivity contribution in [2.75, 3.05) is 38.3 Å². The van der Waals surface area contributed by atoms with E-state index >= 15 is 0 Å². The molecule has 2 aromatic carbocycles. The van der Waals surface area contributed by atoms with Crippen LogP contribution >= 0.6 is 23.7 Å². The van der Waals surface area contributed by atoms with E-state index in [2.05, 4.69) is 22.3 Å². The molecule has 2 heterocycles. The highest BCUT2D eigenvalue weighted by molar-refractivity contribution is 7.17. The van der Waals surface area contributed by atoms with Crippen molar-refractivity contribution in [2.45, 2.75) is 47.2 Å². The Labute approximate surface area is 246 Å². The van der Waals surface area contributed by atoms with Crippen LogP contribution < -0.4 is 19.5 Å². The molecule has 0 saturated carbocycles. The number of amides is 1. The van der Waals surface area contributed by atoms with Crippen molar-refractivity contribution in [3.8, 4) is 17.2 Å². The average molecular weight is 589 g/mol. The molecular formula is C30H37ClN2O6S. The van der Waals surface area contributed by atoms with E-state index in [1.807, 2.05) is 39.0 Å². The molecule has 0 aliphatic carbocycles. The Hall–Kier alpha value is -3.27. The quantitative estimate of drug-likeness (QED) is 0.247. The third-order valence-corrected chi connectivity index (χ3v) is 7.40. The van der Waals surface area contributed by atoms with Gasteiger partial charge < -0.3 is 24.3 Å². The van der Waals surface area contributed by atoms with Crippen LogP contribution in [0.15, 0.2) is 42.5 Å². The lowest BCUT2D eigenvalue weighted by Crippen LogP contribution is -2.29. The van der Waals surface area contributed by atoms with E-state index < -0.39 is 5.97 Å². The minimum atomic E-state index is -0.418. The number of hydrogen-bond acceptors (Lipinski definition) is 8. The summed E-state index contributed by atoms with van der Waals surface area (Å²) in [6, 6.07) is 13.6. The minimum absolute atomic E-state index is 0. The molecule has 10 heteroatoms. The highest BCUT2D eigenvalue weighted by Gasteiger charge is 2.30. The van der Waals surface area contributed by atoms with Crippen LogP contribution in [-0.2, 0) is 24.2 Å². The van der Waals surface area contributed by atoms with Gasteiger partial charge in [0.1, 0.15) is 5.00 Å². The Morgan fingerprint density at radius 2 is 1.57 bits per heavy atom. The number of fused-ring (bicyclic) bond motifs is 1. The van der Waals surface area contributed by atoms with E-state index in [4.69, 9.17) is 18.9 Å². The first-order chi connectivity index (χ1) is 19.0. The molecule has 1 amide bonds. The van der Waals surface area contributed by atoms with Crippen molar-refractivity contribution in [3.05, 3.63) is 69.6 Å². The molecule has 0 atom stereocenters. The van der Waals surface area contributed by atoms with Crippen LogP contribution in [0.2, 0.25) is 0 Å². The second-order valence-electron chi connectivity index (χ2n) is 8.93. The second-order valence-corrected chi connectivity index (χ2v) is 10.0. The van der Waals surface area contributed by atoms with Gasteiger partial charge in [0.15, 0.2) is 11.5 Å². The lowest BCUT2D eigenvalue weighted by Gasteiger charge is -2.27. The van der Waals surface area contributed by atoms with Crippen LogP contribution in [0.5, 0.6) is 17.2 Å². The zero-order valence-corrected chi connectivity index (χ0v) is 25.0. The minimum Gasteiger partial charge on any atom is -0.490 e. The third-order valence-electron chi connectivity index (χ3n) is 6.26. The fourth-order valence-electron chi connectivity index (χ4n) is 4.64. The van der Waals surface area contributed by atoms with Crippen molar-refractivity contribution in [1.29, 1.82) is 0 Å². The van der Waals surface area contributed by atoms with Crippen LogP contribution in [0.25, 0.3) is 0 Å². The summed E-state index contributed by atoms with van der Waals surface area (Å²) in [4.78, 5) is 30.0. The third kappa shape index (κ3) is 7.27. The number of nitrogens with one attached hydrogen (secondary N) is 1. The topological polar surface area (TPSA) is 86.3 Å². The van der Waals surface area contributed by atoms with Gasteiger partial charge in [-0.2, -0.15) is 0 Å². The normalized spacial score (nSPS) is 12.6. The smallest absolute Gasteiger partial charge is 0.341 e. The van der Waals surface area contributed by atoms with Gasteiger partial charge in [-0.3, -0.25) is 9.69 Å². The molecule has 1 aromatic heterocycles. The second kappa shape index (κ2) is 14.9. The standard InChI is InChI=1S/C30H36N2O6S.ClH/c1-5-35-23-16-21(17-24(36-6-2)27(23)37-7-3)28(33)31-29-26(30(34)38-8-4)22-14-15-32(19-25(22)39-29)18-20-12-10-9-11-13-20;/h9-13,16-17H,5-8,14-15,18-19H2,1-4H3,(H,31,33);1H. The molecule has 1 aliphatic heterocycles. The largest absolute Gasteiger partial charge is 0.490 e. The van der Waals surface area contributed by atoms with Gasteiger partial charge in [0.25, 0.3) is 5.91 Å². The van der Waals surface area contributed by atoms with Gasteiger partial charge in [0.05, 0.1) is 32.0 Å². The number of esters is 1. The van der Waals surface area contributed by atoms with E-state index in [-0.39, 0.29) is 24.9 Å². The summed E-state index contributed by atoms with van der Waals surface area (Å²) < 4.78 is 22.7. The van der Waals surface area contributed by atoms with Crippen molar-refractivity contribution < 1.29 is 28.5 Å². The van der Waals surface area contributed by atoms with Crippen molar-refractivity contribution in [1.82, 2.24) is 4.90 Å². The number of benzene rings is 2. The zero-order valence-electron chi connectivity index (χ0n) is 23.4.